The fourth-order valence-electron chi connectivity index (χ4n) is 2.68. The van der Waals surface area contributed by atoms with Gasteiger partial charge in [-0.15, -0.1) is 0 Å². The van der Waals surface area contributed by atoms with E-state index in [1.54, 1.807) is 41.7 Å². The molecule has 2 aromatic carbocycles. The number of rotatable bonds is 7. The van der Waals surface area contributed by atoms with Crippen molar-refractivity contribution in [3.63, 3.8) is 0 Å². The van der Waals surface area contributed by atoms with Gasteiger partial charge in [0, 0.05) is 32.0 Å². The molecule has 0 spiro atoms. The molecule has 0 aliphatic heterocycles. The second-order valence-electron chi connectivity index (χ2n) is 6.11. The van der Waals surface area contributed by atoms with Crippen LogP contribution in [0.3, 0.4) is 0 Å². The maximum atomic E-state index is 13.8. The molecule has 0 bridgehead atoms. The van der Waals surface area contributed by atoms with Crippen molar-refractivity contribution in [2.75, 3.05) is 11.9 Å². The Morgan fingerprint density at radius 1 is 1.11 bits per heavy atom. The Balaban J connectivity index is 1.68. The second-order valence-corrected chi connectivity index (χ2v) is 6.11. The highest BCUT2D eigenvalue weighted by atomic mass is 19.1. The van der Waals surface area contributed by atoms with Crippen molar-refractivity contribution < 1.29 is 13.6 Å². The number of nitrogens with one attached hydrogen (secondary N) is 1. The van der Waals surface area contributed by atoms with Gasteiger partial charge < -0.3 is 14.8 Å². The number of halogens is 2. The fraction of sp³-hybridized carbons (Fsp3) is 0.200. The molecule has 0 fully saturated rings. The largest absolute Gasteiger partial charge is 0.337 e. The lowest BCUT2D eigenvalue weighted by atomic mass is 10.2. The predicted molar refractivity (Wildman–Crippen MR) is 99.1 cm³/mol. The number of nitrogens with zero attached hydrogens (tertiary/aromatic N) is 3. The number of anilines is 1. The van der Waals surface area contributed by atoms with Crippen LogP contribution in [-0.4, -0.2) is 27.0 Å². The number of imidazole rings is 1. The van der Waals surface area contributed by atoms with E-state index in [0.717, 1.165) is 5.56 Å². The number of hydrogen-bond donors (Lipinski definition) is 1. The molecule has 1 heterocycles. The topological polar surface area (TPSA) is 50.2 Å². The number of para-hydroxylation sites is 1. The molecule has 1 N–H and O–H groups in total. The number of urea groups is 1. The molecule has 140 valence electrons. The summed E-state index contributed by atoms with van der Waals surface area (Å²) in [5, 5.41) is 2.60. The lowest BCUT2D eigenvalue weighted by Gasteiger charge is -2.23. The molecule has 7 heteroatoms. The van der Waals surface area contributed by atoms with E-state index >= 15 is 0 Å². The summed E-state index contributed by atoms with van der Waals surface area (Å²) in [5.41, 5.74) is 0.920. The summed E-state index contributed by atoms with van der Waals surface area (Å²) in [6, 6.07) is 11.6. The summed E-state index contributed by atoms with van der Waals surface area (Å²) in [6.45, 7) is 1.45. The van der Waals surface area contributed by atoms with Crippen LogP contribution >= 0.6 is 0 Å². The maximum Gasteiger partial charge on any atom is 0.322 e. The highest BCUT2D eigenvalue weighted by molar-refractivity contribution is 5.89. The van der Waals surface area contributed by atoms with Crippen molar-refractivity contribution in [1.29, 1.82) is 0 Å². The van der Waals surface area contributed by atoms with E-state index in [2.05, 4.69) is 10.3 Å². The van der Waals surface area contributed by atoms with Gasteiger partial charge in [0.05, 0.1) is 12.0 Å². The van der Waals surface area contributed by atoms with Gasteiger partial charge in [0.25, 0.3) is 0 Å². The minimum Gasteiger partial charge on any atom is -0.337 e. The first-order chi connectivity index (χ1) is 13.1. The Morgan fingerprint density at radius 3 is 2.59 bits per heavy atom. The van der Waals surface area contributed by atoms with Crippen LogP contribution in [0, 0.1) is 11.6 Å². The van der Waals surface area contributed by atoms with Crippen molar-refractivity contribution in [3.8, 4) is 0 Å². The lowest BCUT2D eigenvalue weighted by molar-refractivity contribution is 0.207. The Hall–Kier alpha value is -3.22. The van der Waals surface area contributed by atoms with Crippen LogP contribution in [0.25, 0.3) is 0 Å². The summed E-state index contributed by atoms with van der Waals surface area (Å²) in [6.07, 6.45) is 5.96. The SMILES string of the molecule is O=C(Nc1ccccc1F)N(CCCn1ccnc1)Cc1ccc(F)cc1. The van der Waals surface area contributed by atoms with Gasteiger partial charge in [-0.05, 0) is 36.2 Å². The van der Waals surface area contributed by atoms with Gasteiger partial charge >= 0.3 is 6.03 Å². The van der Waals surface area contributed by atoms with Crippen molar-refractivity contribution in [1.82, 2.24) is 14.5 Å². The summed E-state index contributed by atoms with van der Waals surface area (Å²) in [4.78, 5) is 18.3. The summed E-state index contributed by atoms with van der Waals surface area (Å²) >= 11 is 0. The zero-order valence-corrected chi connectivity index (χ0v) is 14.7. The number of carbonyl (C=O) groups excluding carboxylic acids is 1. The van der Waals surface area contributed by atoms with Crippen LogP contribution in [0.15, 0.2) is 67.3 Å². The first-order valence-electron chi connectivity index (χ1n) is 8.62. The Kier molecular flexibility index (Phi) is 6.14. The van der Waals surface area contributed by atoms with E-state index < -0.39 is 11.8 Å². The maximum absolute atomic E-state index is 13.8. The zero-order valence-electron chi connectivity index (χ0n) is 14.7. The van der Waals surface area contributed by atoms with E-state index in [1.165, 1.54) is 24.3 Å². The molecule has 3 rings (SSSR count). The molecule has 0 radical (unpaired) electrons. The Labute approximate surface area is 156 Å². The molecule has 2 amide bonds. The van der Waals surface area contributed by atoms with Crippen LogP contribution in [-0.2, 0) is 13.1 Å². The van der Waals surface area contributed by atoms with Crippen LogP contribution in [0.4, 0.5) is 19.3 Å². The van der Waals surface area contributed by atoms with Crippen LogP contribution < -0.4 is 5.32 Å². The van der Waals surface area contributed by atoms with Gasteiger partial charge in [0.1, 0.15) is 11.6 Å². The number of aromatic nitrogens is 2. The summed E-state index contributed by atoms with van der Waals surface area (Å²) in [7, 11) is 0. The number of hydrogen-bond acceptors (Lipinski definition) is 2. The normalized spacial score (nSPS) is 10.6. The third-order valence-electron chi connectivity index (χ3n) is 4.09. The van der Waals surface area contributed by atoms with Crippen molar-refractivity contribution in [2.24, 2.45) is 0 Å². The van der Waals surface area contributed by atoms with Crippen molar-refractivity contribution >= 4 is 11.7 Å². The Bertz CT molecular complexity index is 866. The van der Waals surface area contributed by atoms with Gasteiger partial charge in [-0.3, -0.25) is 0 Å². The third kappa shape index (κ3) is 5.37. The molecule has 0 unspecified atom stereocenters. The number of amides is 2. The van der Waals surface area contributed by atoms with E-state index in [9.17, 15) is 13.6 Å². The van der Waals surface area contributed by atoms with Gasteiger partial charge in [-0.25, -0.2) is 18.6 Å². The van der Waals surface area contributed by atoms with Crippen molar-refractivity contribution in [2.45, 2.75) is 19.5 Å². The smallest absolute Gasteiger partial charge is 0.322 e. The highest BCUT2D eigenvalue weighted by Gasteiger charge is 2.15. The summed E-state index contributed by atoms with van der Waals surface area (Å²) < 4.78 is 28.9. The van der Waals surface area contributed by atoms with Gasteiger partial charge in [-0.2, -0.15) is 0 Å². The molecule has 0 saturated heterocycles. The molecule has 0 saturated carbocycles. The minimum atomic E-state index is -0.494. The van der Waals surface area contributed by atoms with E-state index in [-0.39, 0.29) is 11.5 Å². The van der Waals surface area contributed by atoms with Gasteiger partial charge in [0.2, 0.25) is 0 Å². The molecular weight excluding hydrogens is 350 g/mol. The highest BCUT2D eigenvalue weighted by Crippen LogP contribution is 2.15. The molecule has 27 heavy (non-hydrogen) atoms. The standard InChI is InChI=1S/C20H20F2N4O/c21-17-8-6-16(7-9-17)14-26(12-3-11-25-13-10-23-15-25)20(27)24-19-5-2-1-4-18(19)22/h1-2,4-10,13,15H,3,11-12,14H2,(H,24,27). The Morgan fingerprint density at radius 2 is 1.89 bits per heavy atom. The van der Waals surface area contributed by atoms with E-state index in [0.29, 0.717) is 26.1 Å². The fourth-order valence-corrected chi connectivity index (χ4v) is 2.68. The number of carbonyl (C=O) groups is 1. The molecule has 0 atom stereocenters. The van der Waals surface area contributed by atoms with Crippen LogP contribution in [0.2, 0.25) is 0 Å². The average Bonchev–Trinajstić information content (AvgIpc) is 3.18. The molecule has 0 aliphatic carbocycles. The number of benzene rings is 2. The number of aryl methyl sites for hydroxylation is 1. The summed E-state index contributed by atoms with van der Waals surface area (Å²) in [5.74, 6) is -0.827. The lowest BCUT2D eigenvalue weighted by Crippen LogP contribution is -2.35. The molecular formula is C20H20F2N4O. The first kappa shape index (κ1) is 18.6. The monoisotopic (exact) mass is 370 g/mol. The van der Waals surface area contributed by atoms with Crippen LogP contribution in [0.5, 0.6) is 0 Å². The molecule has 5 nitrogen and oxygen atoms in total. The average molecular weight is 370 g/mol. The minimum absolute atomic E-state index is 0.126. The van der Waals surface area contributed by atoms with Crippen molar-refractivity contribution in [3.05, 3.63) is 84.4 Å². The predicted octanol–water partition coefficient (Wildman–Crippen LogP) is 4.29. The van der Waals surface area contributed by atoms with Gasteiger partial charge in [-0.1, -0.05) is 24.3 Å². The molecule has 1 aromatic heterocycles. The zero-order chi connectivity index (χ0) is 19.1. The van der Waals surface area contributed by atoms with E-state index in [4.69, 9.17) is 0 Å². The molecule has 0 aliphatic rings. The van der Waals surface area contributed by atoms with Crippen LogP contribution in [0.1, 0.15) is 12.0 Å². The third-order valence-corrected chi connectivity index (χ3v) is 4.09. The first-order valence-corrected chi connectivity index (χ1v) is 8.62. The van der Waals surface area contributed by atoms with E-state index in [1.807, 2.05) is 10.8 Å². The second kappa shape index (κ2) is 8.93. The van der Waals surface area contributed by atoms with Gasteiger partial charge in [0.15, 0.2) is 0 Å². The molecule has 3 aromatic rings. The quantitative estimate of drug-likeness (QED) is 0.675.